The summed E-state index contributed by atoms with van der Waals surface area (Å²) < 4.78 is 0. The lowest BCUT2D eigenvalue weighted by atomic mass is 9.68. The fraction of sp³-hybridized carbons (Fsp3) is 0.778. The molecule has 0 saturated heterocycles. The zero-order valence-electron chi connectivity index (χ0n) is 14.9. The monoisotopic (exact) mass is 293 g/mol. The Bertz CT molecular complexity index is 544. The Hall–Kier alpha value is -0.340. The van der Waals surface area contributed by atoms with Crippen molar-refractivity contribution in [3.05, 3.63) is 20.9 Å². The Kier molecular flexibility index (Phi) is 3.29. The van der Waals surface area contributed by atoms with Crippen molar-refractivity contribution in [1.29, 1.82) is 0 Å². The third-order valence-electron chi connectivity index (χ3n) is 6.33. The third-order valence-corrected chi connectivity index (χ3v) is 7.86. The van der Waals surface area contributed by atoms with Gasteiger partial charge in [0.15, 0.2) is 0 Å². The summed E-state index contributed by atoms with van der Waals surface area (Å²) in [4.78, 5) is 3.05. The first kappa shape index (κ1) is 16.0. The highest BCUT2D eigenvalue weighted by molar-refractivity contribution is 7.12. The van der Waals surface area contributed by atoms with Crippen molar-refractivity contribution in [2.75, 3.05) is 0 Å². The van der Waals surface area contributed by atoms with Gasteiger partial charge in [-0.25, -0.2) is 0 Å². The summed E-state index contributed by atoms with van der Waals surface area (Å²) >= 11 is 2.00. The molecule has 0 spiro atoms. The van der Waals surface area contributed by atoms with Crippen LogP contribution in [0.2, 0.25) is 0 Å². The van der Waals surface area contributed by atoms with Crippen LogP contribution >= 0.6 is 11.3 Å². The smallest absolute Gasteiger partial charge is 0.0229 e. The van der Waals surface area contributed by atoms with Crippen LogP contribution in [0, 0.1) is 13.8 Å². The number of aryl methyl sites for hydroxylation is 1. The quantitative estimate of drug-likeness (QED) is 0.703. The van der Waals surface area contributed by atoms with Crippen molar-refractivity contribution in [3.8, 4) is 0 Å². The molecule has 1 aliphatic rings. The molecule has 0 aromatic carbocycles. The van der Waals surface area contributed by atoms with Crippen molar-refractivity contribution >= 4 is 11.3 Å². The minimum atomic E-state index is 0.0529. The van der Waals surface area contributed by atoms with Crippen molar-refractivity contribution in [3.63, 3.8) is 0 Å². The lowest BCUT2D eigenvalue weighted by Crippen LogP contribution is -2.63. The number of hydrogen-bond donors (Lipinski definition) is 1. The Morgan fingerprint density at radius 2 is 1.20 bits per heavy atom. The van der Waals surface area contributed by atoms with E-state index in [1.54, 1.807) is 10.4 Å². The summed E-state index contributed by atoms with van der Waals surface area (Å²) in [6.07, 6.45) is 0. The largest absolute Gasteiger partial charge is 0.305 e. The fourth-order valence-electron chi connectivity index (χ4n) is 3.51. The average molecular weight is 294 g/mol. The highest BCUT2D eigenvalue weighted by Gasteiger charge is 2.54. The predicted octanol–water partition coefficient (Wildman–Crippen LogP) is 5.08. The van der Waals surface area contributed by atoms with Crippen LogP contribution in [-0.4, -0.2) is 11.1 Å². The van der Waals surface area contributed by atoms with E-state index in [9.17, 15) is 0 Å². The second kappa shape index (κ2) is 4.10. The molecule has 0 amide bonds. The zero-order valence-corrected chi connectivity index (χ0v) is 15.7. The lowest BCUT2D eigenvalue weighted by molar-refractivity contribution is 0.147. The average Bonchev–Trinajstić information content (AvgIpc) is 2.52. The van der Waals surface area contributed by atoms with Crippen LogP contribution in [0.25, 0.3) is 0 Å². The molecular weight excluding hydrogens is 262 g/mol. The van der Waals surface area contributed by atoms with E-state index >= 15 is 0 Å². The fourth-order valence-corrected chi connectivity index (χ4v) is 5.09. The first-order valence-electron chi connectivity index (χ1n) is 7.66. The Balaban J connectivity index is 2.89. The lowest BCUT2D eigenvalue weighted by Gasteiger charge is -2.48. The number of fused-ring (bicyclic) bond motifs is 1. The second-order valence-corrected chi connectivity index (χ2v) is 9.84. The van der Waals surface area contributed by atoms with Gasteiger partial charge in [-0.05, 0) is 52.7 Å². The van der Waals surface area contributed by atoms with E-state index in [1.807, 2.05) is 11.3 Å². The van der Waals surface area contributed by atoms with Gasteiger partial charge in [-0.15, -0.1) is 11.3 Å². The molecule has 1 nitrogen and oxygen atoms in total. The van der Waals surface area contributed by atoms with Gasteiger partial charge in [-0.2, -0.15) is 0 Å². The van der Waals surface area contributed by atoms with E-state index in [1.165, 1.54) is 10.4 Å². The van der Waals surface area contributed by atoms with Crippen molar-refractivity contribution in [2.45, 2.75) is 91.1 Å². The first-order chi connectivity index (χ1) is 8.76. The van der Waals surface area contributed by atoms with E-state index in [-0.39, 0.29) is 21.9 Å². The Labute approximate surface area is 129 Å². The van der Waals surface area contributed by atoms with Crippen molar-refractivity contribution < 1.29 is 0 Å². The molecule has 0 saturated carbocycles. The number of thiophene rings is 1. The van der Waals surface area contributed by atoms with Gasteiger partial charge in [0, 0.05) is 31.7 Å². The second-order valence-electron chi connectivity index (χ2n) is 8.61. The molecule has 114 valence electrons. The molecule has 2 heterocycles. The molecule has 1 aromatic rings. The summed E-state index contributed by atoms with van der Waals surface area (Å²) in [5, 5.41) is 3.96. The standard InChI is InChI=1S/C18H31NS/c1-11-12(2)20-14-13(11)15(3,4)17(7,8)19-18(9,10)16(14,5)6/h19H,1-10H3. The maximum absolute atomic E-state index is 3.96. The molecule has 1 aliphatic heterocycles. The predicted molar refractivity (Wildman–Crippen MR) is 91.1 cm³/mol. The van der Waals surface area contributed by atoms with Crippen molar-refractivity contribution in [1.82, 2.24) is 5.32 Å². The van der Waals surface area contributed by atoms with Gasteiger partial charge in [0.25, 0.3) is 0 Å². The summed E-state index contributed by atoms with van der Waals surface area (Å²) in [5.74, 6) is 0. The van der Waals surface area contributed by atoms with Crippen LogP contribution in [0.15, 0.2) is 0 Å². The number of hydrogen-bond acceptors (Lipinski definition) is 2. The van der Waals surface area contributed by atoms with E-state index in [0.717, 1.165) is 0 Å². The van der Waals surface area contributed by atoms with E-state index < -0.39 is 0 Å². The summed E-state index contributed by atoms with van der Waals surface area (Å²) in [7, 11) is 0. The maximum atomic E-state index is 3.96. The molecular formula is C18H31NS. The van der Waals surface area contributed by atoms with Gasteiger partial charge in [-0.1, -0.05) is 27.7 Å². The third kappa shape index (κ3) is 1.84. The minimum absolute atomic E-state index is 0.0529. The number of nitrogens with one attached hydrogen (secondary N) is 1. The molecule has 0 radical (unpaired) electrons. The van der Waals surface area contributed by atoms with Gasteiger partial charge in [0.1, 0.15) is 0 Å². The van der Waals surface area contributed by atoms with E-state index in [0.29, 0.717) is 0 Å². The zero-order chi connectivity index (χ0) is 15.7. The number of rotatable bonds is 0. The van der Waals surface area contributed by atoms with E-state index in [4.69, 9.17) is 0 Å². The van der Waals surface area contributed by atoms with E-state index in [2.05, 4.69) is 74.6 Å². The normalized spacial score (nSPS) is 25.9. The highest BCUT2D eigenvalue weighted by atomic mass is 32.1. The molecule has 0 fully saturated rings. The molecule has 1 N–H and O–H groups in total. The van der Waals surface area contributed by atoms with Gasteiger partial charge < -0.3 is 5.32 Å². The molecule has 0 unspecified atom stereocenters. The van der Waals surface area contributed by atoms with Crippen LogP contribution in [0.1, 0.15) is 76.3 Å². The molecule has 2 rings (SSSR count). The summed E-state index contributed by atoms with van der Waals surface area (Å²) in [5.41, 5.74) is 3.42. The molecule has 0 atom stereocenters. The first-order valence-corrected chi connectivity index (χ1v) is 8.47. The van der Waals surface area contributed by atoms with Crippen LogP contribution in [-0.2, 0) is 10.8 Å². The SMILES string of the molecule is Cc1sc2c(c1C)C(C)(C)C(C)(C)NC(C)(C)C2(C)C. The van der Waals surface area contributed by atoms with Gasteiger partial charge in [0.05, 0.1) is 0 Å². The van der Waals surface area contributed by atoms with Crippen LogP contribution in [0.4, 0.5) is 0 Å². The summed E-state index contributed by atoms with van der Waals surface area (Å²) in [6, 6.07) is 0. The molecule has 2 heteroatoms. The maximum Gasteiger partial charge on any atom is 0.0229 e. The van der Waals surface area contributed by atoms with Gasteiger partial charge >= 0.3 is 0 Å². The van der Waals surface area contributed by atoms with Gasteiger partial charge in [0.2, 0.25) is 0 Å². The molecule has 1 aromatic heterocycles. The molecule has 0 aliphatic carbocycles. The highest BCUT2D eigenvalue weighted by Crippen LogP contribution is 2.53. The van der Waals surface area contributed by atoms with Crippen molar-refractivity contribution in [2.24, 2.45) is 0 Å². The molecule has 20 heavy (non-hydrogen) atoms. The topological polar surface area (TPSA) is 12.0 Å². The Morgan fingerprint density at radius 3 is 1.70 bits per heavy atom. The minimum Gasteiger partial charge on any atom is -0.305 e. The summed E-state index contributed by atoms with van der Waals surface area (Å²) in [6.45, 7) is 23.6. The Morgan fingerprint density at radius 1 is 0.750 bits per heavy atom. The van der Waals surface area contributed by atoms with Crippen LogP contribution < -0.4 is 5.32 Å². The van der Waals surface area contributed by atoms with Crippen LogP contribution in [0.5, 0.6) is 0 Å². The van der Waals surface area contributed by atoms with Crippen LogP contribution in [0.3, 0.4) is 0 Å². The van der Waals surface area contributed by atoms with Gasteiger partial charge in [-0.3, -0.25) is 0 Å². The molecule has 0 bridgehead atoms.